The Balaban J connectivity index is 1.60. The van der Waals surface area contributed by atoms with E-state index in [4.69, 9.17) is 0 Å². The summed E-state index contributed by atoms with van der Waals surface area (Å²) in [5.74, 6) is 1.77. The highest BCUT2D eigenvalue weighted by atomic mass is 32.2. The van der Waals surface area contributed by atoms with Crippen LogP contribution in [0.3, 0.4) is 0 Å². The van der Waals surface area contributed by atoms with Crippen LogP contribution in [0.1, 0.15) is 38.7 Å². The smallest absolute Gasteiger partial charge is 0.267 e. The molecule has 1 aliphatic rings. The minimum Gasteiger partial charge on any atom is -0.352 e. The highest BCUT2D eigenvalue weighted by Gasteiger charge is 2.28. The van der Waals surface area contributed by atoms with E-state index in [9.17, 15) is 9.59 Å². The number of carbonyl (C=O) groups is 1. The number of thioether (sulfide) groups is 1. The molecule has 2 heterocycles. The standard InChI is InChI=1S/C24H28N4O2S/c1-15-11-12-21(25-13-15)28-23(30)18-8-4-5-9-20(18)27-24(28)31-14-22(29)26-19-10-6-7-16(2)17(19)3/h4-5,8-9,11-13,16-17,19H,6-7,10,14H2,1-3H3,(H,26,29). The van der Waals surface area contributed by atoms with Crippen molar-refractivity contribution in [1.29, 1.82) is 0 Å². The first kappa shape index (κ1) is 21.6. The number of para-hydroxylation sites is 1. The van der Waals surface area contributed by atoms with E-state index in [1.54, 1.807) is 12.3 Å². The van der Waals surface area contributed by atoms with Gasteiger partial charge in [0.25, 0.3) is 5.56 Å². The number of nitrogens with zero attached hydrogens (tertiary/aromatic N) is 3. The maximum Gasteiger partial charge on any atom is 0.267 e. The lowest BCUT2D eigenvalue weighted by Crippen LogP contribution is -2.44. The Labute approximate surface area is 186 Å². The predicted molar refractivity (Wildman–Crippen MR) is 125 cm³/mol. The molecule has 0 bridgehead atoms. The third-order valence-corrected chi connectivity index (χ3v) is 7.19. The van der Waals surface area contributed by atoms with E-state index in [0.717, 1.165) is 18.4 Å². The average molecular weight is 437 g/mol. The Morgan fingerprint density at radius 2 is 2.00 bits per heavy atom. The summed E-state index contributed by atoms with van der Waals surface area (Å²) in [6, 6.07) is 11.2. The summed E-state index contributed by atoms with van der Waals surface area (Å²) < 4.78 is 1.50. The van der Waals surface area contributed by atoms with Crippen molar-refractivity contribution in [2.24, 2.45) is 11.8 Å². The van der Waals surface area contributed by atoms with Gasteiger partial charge in [-0.3, -0.25) is 9.59 Å². The van der Waals surface area contributed by atoms with Gasteiger partial charge in [-0.05, 0) is 48.9 Å². The van der Waals surface area contributed by atoms with Gasteiger partial charge < -0.3 is 5.32 Å². The summed E-state index contributed by atoms with van der Waals surface area (Å²) in [5.41, 5.74) is 1.45. The molecule has 1 fully saturated rings. The maximum atomic E-state index is 13.2. The molecule has 6 nitrogen and oxygen atoms in total. The number of carbonyl (C=O) groups excluding carboxylic acids is 1. The molecule has 3 atom stereocenters. The molecular formula is C24H28N4O2S. The van der Waals surface area contributed by atoms with E-state index in [1.807, 2.05) is 37.3 Å². The monoisotopic (exact) mass is 436 g/mol. The van der Waals surface area contributed by atoms with Crippen molar-refractivity contribution in [3.63, 3.8) is 0 Å². The molecule has 1 N–H and O–H groups in total. The first-order chi connectivity index (χ1) is 14.9. The molecule has 0 radical (unpaired) electrons. The van der Waals surface area contributed by atoms with E-state index in [1.165, 1.54) is 22.7 Å². The van der Waals surface area contributed by atoms with Gasteiger partial charge in [0.05, 0.1) is 16.7 Å². The fraction of sp³-hybridized carbons (Fsp3) is 0.417. The number of benzene rings is 1. The number of pyridine rings is 1. The first-order valence-corrected chi connectivity index (χ1v) is 11.8. The summed E-state index contributed by atoms with van der Waals surface area (Å²) in [5, 5.41) is 4.20. The molecule has 2 aromatic heterocycles. The van der Waals surface area contributed by atoms with Crippen LogP contribution in [0.2, 0.25) is 0 Å². The Morgan fingerprint density at radius 1 is 1.19 bits per heavy atom. The van der Waals surface area contributed by atoms with E-state index in [-0.39, 0.29) is 23.3 Å². The van der Waals surface area contributed by atoms with Crippen LogP contribution >= 0.6 is 11.8 Å². The molecule has 0 aliphatic heterocycles. The predicted octanol–water partition coefficient (Wildman–Crippen LogP) is 4.12. The highest BCUT2D eigenvalue weighted by molar-refractivity contribution is 7.99. The minimum atomic E-state index is -0.181. The van der Waals surface area contributed by atoms with Gasteiger partial charge in [-0.15, -0.1) is 0 Å². The van der Waals surface area contributed by atoms with Crippen LogP contribution in [0, 0.1) is 18.8 Å². The molecule has 0 saturated heterocycles. The van der Waals surface area contributed by atoms with E-state index < -0.39 is 0 Å². The van der Waals surface area contributed by atoms with Gasteiger partial charge in [-0.2, -0.15) is 0 Å². The summed E-state index contributed by atoms with van der Waals surface area (Å²) in [6.07, 6.45) is 5.12. The normalized spacial score (nSPS) is 21.2. The van der Waals surface area contributed by atoms with Crippen LogP contribution in [0.15, 0.2) is 52.5 Å². The highest BCUT2D eigenvalue weighted by Crippen LogP contribution is 2.29. The summed E-state index contributed by atoms with van der Waals surface area (Å²) in [7, 11) is 0. The lowest BCUT2D eigenvalue weighted by atomic mass is 9.78. The van der Waals surface area contributed by atoms with Crippen molar-refractivity contribution in [1.82, 2.24) is 19.9 Å². The number of amides is 1. The van der Waals surface area contributed by atoms with Crippen molar-refractivity contribution >= 4 is 28.6 Å². The molecule has 162 valence electrons. The number of nitrogens with one attached hydrogen (secondary N) is 1. The van der Waals surface area contributed by atoms with Crippen molar-refractivity contribution in [3.05, 3.63) is 58.5 Å². The maximum absolute atomic E-state index is 13.2. The van der Waals surface area contributed by atoms with Crippen LogP contribution in [0.5, 0.6) is 0 Å². The van der Waals surface area contributed by atoms with Crippen LogP contribution in [0.25, 0.3) is 16.7 Å². The number of aryl methyl sites for hydroxylation is 1. The van der Waals surface area contributed by atoms with E-state index >= 15 is 0 Å². The zero-order valence-electron chi connectivity index (χ0n) is 18.2. The molecule has 0 spiro atoms. The Morgan fingerprint density at radius 3 is 2.77 bits per heavy atom. The zero-order valence-corrected chi connectivity index (χ0v) is 19.0. The molecule has 31 heavy (non-hydrogen) atoms. The lowest BCUT2D eigenvalue weighted by molar-refractivity contribution is -0.120. The minimum absolute atomic E-state index is 0.0261. The second-order valence-electron chi connectivity index (χ2n) is 8.48. The number of hydrogen-bond donors (Lipinski definition) is 1. The Kier molecular flexibility index (Phi) is 6.41. The quantitative estimate of drug-likeness (QED) is 0.481. The molecule has 1 aliphatic carbocycles. The molecule has 4 rings (SSSR count). The number of hydrogen-bond acceptors (Lipinski definition) is 5. The van der Waals surface area contributed by atoms with E-state index in [0.29, 0.717) is 33.7 Å². The van der Waals surface area contributed by atoms with Gasteiger partial charge in [0.1, 0.15) is 5.82 Å². The Hall–Kier alpha value is -2.67. The van der Waals surface area contributed by atoms with Gasteiger partial charge >= 0.3 is 0 Å². The second-order valence-corrected chi connectivity index (χ2v) is 9.42. The number of rotatable bonds is 5. The molecule has 1 aromatic carbocycles. The van der Waals surface area contributed by atoms with E-state index in [2.05, 4.69) is 29.1 Å². The van der Waals surface area contributed by atoms with Gasteiger partial charge in [0, 0.05) is 12.2 Å². The van der Waals surface area contributed by atoms with Crippen LogP contribution in [-0.2, 0) is 4.79 Å². The zero-order chi connectivity index (χ0) is 22.0. The SMILES string of the molecule is Cc1ccc(-n2c(SCC(=O)NC3CCCC(C)C3C)nc3ccccc3c2=O)nc1. The van der Waals surface area contributed by atoms with Gasteiger partial charge in [0.2, 0.25) is 5.91 Å². The summed E-state index contributed by atoms with van der Waals surface area (Å²) in [4.78, 5) is 35.1. The number of fused-ring (bicyclic) bond motifs is 1. The van der Waals surface area contributed by atoms with Crippen molar-refractivity contribution in [3.8, 4) is 5.82 Å². The molecular weight excluding hydrogens is 408 g/mol. The topological polar surface area (TPSA) is 76.9 Å². The van der Waals surface area contributed by atoms with Crippen molar-refractivity contribution < 1.29 is 4.79 Å². The Bertz CT molecular complexity index is 1140. The summed E-state index contributed by atoms with van der Waals surface area (Å²) >= 11 is 1.27. The molecule has 3 aromatic rings. The molecule has 3 unspecified atom stereocenters. The summed E-state index contributed by atoms with van der Waals surface area (Å²) in [6.45, 7) is 6.42. The second kappa shape index (κ2) is 9.22. The van der Waals surface area contributed by atoms with Crippen molar-refractivity contribution in [2.45, 2.75) is 51.2 Å². The first-order valence-electron chi connectivity index (χ1n) is 10.8. The fourth-order valence-corrected chi connectivity index (χ4v) is 4.98. The largest absolute Gasteiger partial charge is 0.352 e. The van der Waals surface area contributed by atoms with Gasteiger partial charge in [0.15, 0.2) is 5.16 Å². The van der Waals surface area contributed by atoms with Crippen LogP contribution in [0.4, 0.5) is 0 Å². The molecule has 1 amide bonds. The average Bonchev–Trinajstić information content (AvgIpc) is 2.76. The fourth-order valence-electron chi connectivity index (χ4n) is 4.17. The number of aromatic nitrogens is 3. The van der Waals surface area contributed by atoms with Crippen molar-refractivity contribution in [2.75, 3.05) is 5.75 Å². The van der Waals surface area contributed by atoms with Gasteiger partial charge in [-0.25, -0.2) is 14.5 Å². The molecule has 1 saturated carbocycles. The third-order valence-electron chi connectivity index (χ3n) is 6.26. The van der Waals surface area contributed by atoms with Gasteiger partial charge in [-0.1, -0.05) is 56.7 Å². The third kappa shape index (κ3) is 4.66. The molecule has 7 heteroatoms. The lowest BCUT2D eigenvalue weighted by Gasteiger charge is -2.34. The van der Waals surface area contributed by atoms with Crippen LogP contribution in [-0.4, -0.2) is 32.2 Å². The van der Waals surface area contributed by atoms with Crippen LogP contribution < -0.4 is 10.9 Å².